The fourth-order valence-electron chi connectivity index (χ4n) is 4.61. The number of H-pyrrole nitrogens is 1. The van der Waals surface area contributed by atoms with E-state index in [4.69, 9.17) is 4.74 Å². The van der Waals surface area contributed by atoms with Gasteiger partial charge in [-0.05, 0) is 70.6 Å². The number of fused-ring (bicyclic) bond motifs is 1. The summed E-state index contributed by atoms with van der Waals surface area (Å²) < 4.78 is 10.4. The SMILES string of the molecule is COC(=O)/C=C/C(=O)NC1(C)CCC(C(C)(C)NCC(O)COc2cccc3[nH]ccc23)CC1. The first kappa shape index (κ1) is 25.8. The minimum Gasteiger partial charge on any atom is -0.490 e. The molecule has 1 amide bonds. The van der Waals surface area contributed by atoms with Gasteiger partial charge >= 0.3 is 5.97 Å². The second kappa shape index (κ2) is 11.1. The second-order valence-corrected chi connectivity index (χ2v) is 9.94. The van der Waals surface area contributed by atoms with Crippen molar-refractivity contribution >= 4 is 22.8 Å². The molecule has 1 aromatic heterocycles. The Kier molecular flexibility index (Phi) is 8.38. The Morgan fingerprint density at radius 1 is 1.26 bits per heavy atom. The lowest BCUT2D eigenvalue weighted by molar-refractivity contribution is -0.135. The Balaban J connectivity index is 1.43. The van der Waals surface area contributed by atoms with Crippen molar-refractivity contribution in [2.75, 3.05) is 20.3 Å². The summed E-state index contributed by atoms with van der Waals surface area (Å²) in [5.74, 6) is 0.324. The highest BCUT2D eigenvalue weighted by Crippen LogP contribution is 2.37. The molecule has 1 aliphatic carbocycles. The fraction of sp³-hybridized carbons (Fsp3) is 0.538. The van der Waals surface area contributed by atoms with E-state index < -0.39 is 12.1 Å². The van der Waals surface area contributed by atoms with Gasteiger partial charge in [0.05, 0.1) is 7.11 Å². The molecule has 0 aliphatic heterocycles. The molecule has 1 fully saturated rings. The number of carbonyl (C=O) groups is 2. The molecule has 1 saturated carbocycles. The number of esters is 1. The monoisotopic (exact) mass is 471 g/mol. The standard InChI is InChI=1S/C26H37N3O5/c1-25(2,18-10-13-26(3,14-11-18)29-23(31)8-9-24(32)33-4)28-16-19(30)17-34-22-7-5-6-21-20(22)12-15-27-21/h5-9,12,15,18-19,27-28,30H,10-11,13-14,16-17H2,1-4H3,(H,29,31)/b9-8+. The highest BCUT2D eigenvalue weighted by atomic mass is 16.5. The molecule has 0 bridgehead atoms. The van der Waals surface area contributed by atoms with Gasteiger partial charge in [-0.3, -0.25) is 4.79 Å². The number of aliphatic hydroxyl groups excluding tert-OH is 1. The highest BCUT2D eigenvalue weighted by molar-refractivity contribution is 5.94. The molecule has 1 aliphatic rings. The molecule has 0 spiro atoms. The summed E-state index contributed by atoms with van der Waals surface area (Å²) in [6, 6.07) is 7.79. The topological polar surface area (TPSA) is 113 Å². The number of methoxy groups -OCH3 is 1. The first-order valence-electron chi connectivity index (χ1n) is 11.8. The summed E-state index contributed by atoms with van der Waals surface area (Å²) in [5, 5.41) is 18.0. The van der Waals surface area contributed by atoms with Crippen LogP contribution in [0.25, 0.3) is 10.9 Å². The van der Waals surface area contributed by atoms with Crippen LogP contribution in [0.15, 0.2) is 42.6 Å². The smallest absolute Gasteiger partial charge is 0.330 e. The molecule has 186 valence electrons. The molecule has 0 saturated heterocycles. The van der Waals surface area contributed by atoms with Gasteiger partial charge in [0.25, 0.3) is 0 Å². The average molecular weight is 472 g/mol. The fourth-order valence-corrected chi connectivity index (χ4v) is 4.61. The number of hydrogen-bond acceptors (Lipinski definition) is 6. The second-order valence-electron chi connectivity index (χ2n) is 9.94. The van der Waals surface area contributed by atoms with E-state index in [1.165, 1.54) is 13.2 Å². The number of aromatic nitrogens is 1. The minimum atomic E-state index is -0.636. The third-order valence-electron chi connectivity index (χ3n) is 6.89. The summed E-state index contributed by atoms with van der Waals surface area (Å²) >= 11 is 0. The lowest BCUT2D eigenvalue weighted by Gasteiger charge is -2.44. The average Bonchev–Trinajstić information content (AvgIpc) is 3.29. The molecule has 8 nitrogen and oxygen atoms in total. The van der Waals surface area contributed by atoms with E-state index in [1.807, 2.05) is 37.4 Å². The molecule has 1 atom stereocenters. The molecule has 1 unspecified atom stereocenters. The number of ether oxygens (including phenoxy) is 2. The molecule has 1 heterocycles. The zero-order valence-electron chi connectivity index (χ0n) is 20.5. The zero-order valence-corrected chi connectivity index (χ0v) is 20.5. The number of aromatic amines is 1. The van der Waals surface area contributed by atoms with Crippen molar-refractivity contribution in [1.82, 2.24) is 15.6 Å². The quantitative estimate of drug-likeness (QED) is 0.313. The van der Waals surface area contributed by atoms with Crippen LogP contribution < -0.4 is 15.4 Å². The zero-order chi connectivity index (χ0) is 24.8. The van der Waals surface area contributed by atoms with Crippen molar-refractivity contribution in [2.24, 2.45) is 5.92 Å². The van der Waals surface area contributed by atoms with Crippen LogP contribution in [0.4, 0.5) is 0 Å². The molecule has 0 radical (unpaired) electrons. The lowest BCUT2D eigenvalue weighted by Crippen LogP contribution is -2.54. The van der Waals surface area contributed by atoms with Crippen molar-refractivity contribution in [3.05, 3.63) is 42.6 Å². The largest absolute Gasteiger partial charge is 0.490 e. The van der Waals surface area contributed by atoms with Crippen LogP contribution in [0.5, 0.6) is 5.75 Å². The van der Waals surface area contributed by atoms with Crippen LogP contribution >= 0.6 is 0 Å². The number of hydrogen-bond donors (Lipinski definition) is 4. The maximum atomic E-state index is 12.2. The Hall–Kier alpha value is -2.84. The van der Waals surface area contributed by atoms with Crippen LogP contribution in [0.1, 0.15) is 46.5 Å². The van der Waals surface area contributed by atoms with E-state index in [-0.39, 0.29) is 23.6 Å². The highest BCUT2D eigenvalue weighted by Gasteiger charge is 2.38. The van der Waals surface area contributed by atoms with Crippen molar-refractivity contribution in [2.45, 2.75) is 63.6 Å². The van der Waals surface area contributed by atoms with Gasteiger partial charge in [0.2, 0.25) is 5.91 Å². The van der Waals surface area contributed by atoms with Gasteiger partial charge in [-0.1, -0.05) is 6.07 Å². The molecule has 2 aromatic rings. The van der Waals surface area contributed by atoms with Crippen LogP contribution in [0, 0.1) is 5.92 Å². The van der Waals surface area contributed by atoms with Crippen LogP contribution in [0.2, 0.25) is 0 Å². The minimum absolute atomic E-state index is 0.169. The van der Waals surface area contributed by atoms with E-state index in [0.717, 1.165) is 48.4 Å². The van der Waals surface area contributed by atoms with E-state index in [9.17, 15) is 14.7 Å². The predicted molar refractivity (Wildman–Crippen MR) is 132 cm³/mol. The van der Waals surface area contributed by atoms with Crippen molar-refractivity contribution in [3.63, 3.8) is 0 Å². The van der Waals surface area contributed by atoms with Crippen molar-refractivity contribution < 1.29 is 24.2 Å². The third kappa shape index (κ3) is 6.84. The molecule has 8 heteroatoms. The summed E-state index contributed by atoms with van der Waals surface area (Å²) in [6.45, 7) is 7.00. The van der Waals surface area contributed by atoms with Gasteiger partial charge in [0.1, 0.15) is 18.5 Å². The third-order valence-corrected chi connectivity index (χ3v) is 6.89. The van der Waals surface area contributed by atoms with Gasteiger partial charge in [-0.15, -0.1) is 0 Å². The van der Waals surface area contributed by atoms with E-state index in [1.54, 1.807) is 0 Å². The van der Waals surface area contributed by atoms with Crippen LogP contribution in [-0.2, 0) is 14.3 Å². The Morgan fingerprint density at radius 3 is 2.71 bits per heavy atom. The molecular formula is C26H37N3O5. The summed E-state index contributed by atoms with van der Waals surface area (Å²) in [4.78, 5) is 26.5. The molecule has 34 heavy (non-hydrogen) atoms. The Bertz CT molecular complexity index is 1000. The number of carbonyl (C=O) groups excluding carboxylic acids is 2. The van der Waals surface area contributed by atoms with E-state index >= 15 is 0 Å². The van der Waals surface area contributed by atoms with Gasteiger partial charge in [-0.25, -0.2) is 4.79 Å². The van der Waals surface area contributed by atoms with Gasteiger partial charge in [0.15, 0.2) is 0 Å². The molecule has 4 N–H and O–H groups in total. The summed E-state index contributed by atoms with van der Waals surface area (Å²) in [6.07, 6.45) is 7.15. The van der Waals surface area contributed by atoms with E-state index in [2.05, 4.69) is 34.2 Å². The van der Waals surface area contributed by atoms with Gasteiger partial charge < -0.3 is 30.2 Å². The summed E-state index contributed by atoms with van der Waals surface area (Å²) in [7, 11) is 1.28. The maximum Gasteiger partial charge on any atom is 0.330 e. The predicted octanol–water partition coefficient (Wildman–Crippen LogP) is 3.07. The number of nitrogens with one attached hydrogen (secondary N) is 3. The number of β-amino-alcohol motifs (C(OH)–C–C–N with tert-alkyl or cyclic N) is 1. The number of rotatable bonds is 10. The Labute approximate surface area is 201 Å². The lowest BCUT2D eigenvalue weighted by atomic mass is 9.70. The first-order chi connectivity index (χ1) is 16.1. The normalized spacial score (nSPS) is 22.0. The Morgan fingerprint density at radius 2 is 2.00 bits per heavy atom. The molecular weight excluding hydrogens is 434 g/mol. The van der Waals surface area contributed by atoms with E-state index in [0.29, 0.717) is 12.5 Å². The van der Waals surface area contributed by atoms with Crippen LogP contribution in [0.3, 0.4) is 0 Å². The molecule has 1 aromatic carbocycles. The summed E-state index contributed by atoms with van der Waals surface area (Å²) in [5.41, 5.74) is 0.528. The van der Waals surface area contributed by atoms with Gasteiger partial charge in [-0.2, -0.15) is 0 Å². The maximum absolute atomic E-state index is 12.2. The first-order valence-corrected chi connectivity index (χ1v) is 11.8. The van der Waals surface area contributed by atoms with Gasteiger partial charge in [0, 0.05) is 46.9 Å². The van der Waals surface area contributed by atoms with Crippen LogP contribution in [-0.4, -0.2) is 59.4 Å². The van der Waals surface area contributed by atoms with Crippen molar-refractivity contribution in [1.29, 1.82) is 0 Å². The molecule has 3 rings (SSSR count). The number of amides is 1. The number of aliphatic hydroxyl groups is 1. The van der Waals surface area contributed by atoms with Crippen molar-refractivity contribution in [3.8, 4) is 5.75 Å². The number of benzene rings is 1.